The van der Waals surface area contributed by atoms with Gasteiger partial charge in [-0.25, -0.2) is 0 Å². The van der Waals surface area contributed by atoms with Crippen molar-refractivity contribution in [2.24, 2.45) is 5.92 Å². The first-order valence-electron chi connectivity index (χ1n) is 8.58. The van der Waals surface area contributed by atoms with Gasteiger partial charge < -0.3 is 14.6 Å². The van der Waals surface area contributed by atoms with E-state index in [2.05, 4.69) is 12.8 Å². The smallest absolute Gasteiger partial charge is 0.314 e. The molecule has 23 heavy (non-hydrogen) atoms. The standard InChI is InChI=1S/C19H30O4/c1-3-5-6-7-8-9-10-11-12-13-14-17(16-18(20)21)19(22)23-15-4-2/h2,13-14,17H,3,5-12,15-16H2,1H3,(H,20,21)/p-1. The predicted octanol–water partition coefficient (Wildman–Crippen LogP) is 3.01. The molecule has 0 aromatic rings. The summed E-state index contributed by atoms with van der Waals surface area (Å²) < 4.78 is 4.78. The highest BCUT2D eigenvalue weighted by atomic mass is 16.5. The summed E-state index contributed by atoms with van der Waals surface area (Å²) in [6.45, 7) is 2.07. The number of aliphatic carboxylic acids is 1. The predicted molar refractivity (Wildman–Crippen MR) is 89.3 cm³/mol. The van der Waals surface area contributed by atoms with E-state index in [0.717, 1.165) is 19.3 Å². The molecular weight excluding hydrogens is 292 g/mol. The molecule has 0 heterocycles. The molecule has 4 heteroatoms. The van der Waals surface area contributed by atoms with Crippen LogP contribution in [-0.2, 0) is 14.3 Å². The summed E-state index contributed by atoms with van der Waals surface area (Å²) in [5.41, 5.74) is 0. The van der Waals surface area contributed by atoms with Gasteiger partial charge in [-0.2, -0.15) is 0 Å². The fraction of sp³-hybridized carbons (Fsp3) is 0.684. The number of carboxylic acids is 1. The van der Waals surface area contributed by atoms with Crippen molar-refractivity contribution in [3.8, 4) is 12.3 Å². The van der Waals surface area contributed by atoms with Gasteiger partial charge in [0.2, 0.25) is 0 Å². The quantitative estimate of drug-likeness (QED) is 0.213. The van der Waals surface area contributed by atoms with E-state index in [9.17, 15) is 14.7 Å². The minimum absolute atomic E-state index is 0.145. The molecule has 0 aliphatic carbocycles. The Hall–Kier alpha value is -1.76. The van der Waals surface area contributed by atoms with Crippen LogP contribution in [0.5, 0.6) is 0 Å². The topological polar surface area (TPSA) is 66.4 Å². The first-order chi connectivity index (χ1) is 11.1. The van der Waals surface area contributed by atoms with E-state index < -0.39 is 17.9 Å². The van der Waals surface area contributed by atoms with Crippen molar-refractivity contribution >= 4 is 11.9 Å². The van der Waals surface area contributed by atoms with Gasteiger partial charge in [0.15, 0.2) is 6.61 Å². The van der Waals surface area contributed by atoms with E-state index in [1.54, 1.807) is 6.08 Å². The van der Waals surface area contributed by atoms with E-state index in [-0.39, 0.29) is 13.0 Å². The van der Waals surface area contributed by atoms with Crippen molar-refractivity contribution < 1.29 is 19.4 Å². The second-order valence-electron chi connectivity index (χ2n) is 5.69. The fourth-order valence-electron chi connectivity index (χ4n) is 2.29. The first kappa shape index (κ1) is 21.2. The number of esters is 1. The minimum Gasteiger partial charge on any atom is -0.550 e. The maximum Gasteiger partial charge on any atom is 0.314 e. The molecule has 0 aliphatic heterocycles. The number of unbranched alkanes of at least 4 members (excludes halogenated alkanes) is 8. The number of rotatable bonds is 14. The molecule has 0 aromatic heterocycles. The molecule has 0 saturated heterocycles. The van der Waals surface area contributed by atoms with Crippen LogP contribution in [0.15, 0.2) is 12.2 Å². The highest BCUT2D eigenvalue weighted by Crippen LogP contribution is 2.12. The van der Waals surface area contributed by atoms with Crippen molar-refractivity contribution in [1.29, 1.82) is 0 Å². The van der Waals surface area contributed by atoms with Crippen molar-refractivity contribution in [1.82, 2.24) is 0 Å². The largest absolute Gasteiger partial charge is 0.550 e. The average Bonchev–Trinajstić information content (AvgIpc) is 2.52. The number of carbonyl (C=O) groups excluding carboxylic acids is 2. The Kier molecular flexibility index (Phi) is 14.0. The third-order valence-electron chi connectivity index (χ3n) is 3.58. The van der Waals surface area contributed by atoms with Gasteiger partial charge in [-0.3, -0.25) is 4.79 Å². The van der Waals surface area contributed by atoms with Crippen LogP contribution in [0.3, 0.4) is 0 Å². The molecule has 0 bridgehead atoms. The van der Waals surface area contributed by atoms with Crippen LogP contribution >= 0.6 is 0 Å². The number of carbonyl (C=O) groups is 2. The van der Waals surface area contributed by atoms with Gasteiger partial charge in [0.05, 0.1) is 5.92 Å². The number of ether oxygens (including phenoxy) is 1. The zero-order valence-electron chi connectivity index (χ0n) is 14.2. The molecule has 0 aliphatic rings. The molecule has 1 unspecified atom stereocenters. The Morgan fingerprint density at radius 2 is 1.74 bits per heavy atom. The molecule has 0 amide bonds. The van der Waals surface area contributed by atoms with Crippen LogP contribution in [0, 0.1) is 18.3 Å². The van der Waals surface area contributed by atoms with Crippen molar-refractivity contribution in [3.63, 3.8) is 0 Å². The Balaban J connectivity index is 3.90. The molecule has 0 radical (unpaired) electrons. The average molecular weight is 321 g/mol. The molecule has 0 rings (SSSR count). The second-order valence-corrected chi connectivity index (χ2v) is 5.69. The summed E-state index contributed by atoms with van der Waals surface area (Å²) in [5, 5.41) is 10.7. The molecule has 1 atom stereocenters. The van der Waals surface area contributed by atoms with Crippen LogP contribution in [-0.4, -0.2) is 18.5 Å². The highest BCUT2D eigenvalue weighted by Gasteiger charge is 2.16. The fourth-order valence-corrected chi connectivity index (χ4v) is 2.29. The Labute approximate surface area is 140 Å². The maximum absolute atomic E-state index is 11.7. The Morgan fingerprint density at radius 1 is 1.13 bits per heavy atom. The maximum atomic E-state index is 11.7. The van der Waals surface area contributed by atoms with Gasteiger partial charge in [-0.05, 0) is 12.8 Å². The van der Waals surface area contributed by atoms with Gasteiger partial charge in [-0.1, -0.05) is 69.9 Å². The van der Waals surface area contributed by atoms with E-state index in [1.807, 2.05) is 6.08 Å². The van der Waals surface area contributed by atoms with Crippen LogP contribution in [0.1, 0.15) is 71.1 Å². The molecule has 0 saturated carbocycles. The summed E-state index contributed by atoms with van der Waals surface area (Å²) in [7, 11) is 0. The number of hydrogen-bond donors (Lipinski definition) is 0. The summed E-state index contributed by atoms with van der Waals surface area (Å²) >= 11 is 0. The zero-order valence-corrected chi connectivity index (χ0v) is 14.2. The lowest BCUT2D eigenvalue weighted by atomic mass is 10.0. The molecule has 0 fully saturated rings. The molecule has 4 nitrogen and oxygen atoms in total. The van der Waals surface area contributed by atoms with Crippen LogP contribution in [0.2, 0.25) is 0 Å². The number of allylic oxidation sites excluding steroid dienone is 1. The van der Waals surface area contributed by atoms with Crippen LogP contribution in [0.4, 0.5) is 0 Å². The lowest BCUT2D eigenvalue weighted by molar-refractivity contribution is -0.306. The molecular formula is C19H29O4-. The van der Waals surface area contributed by atoms with Crippen molar-refractivity contribution in [2.75, 3.05) is 6.61 Å². The van der Waals surface area contributed by atoms with Crippen molar-refractivity contribution in [2.45, 2.75) is 71.1 Å². The molecule has 0 N–H and O–H groups in total. The van der Waals surface area contributed by atoms with Crippen molar-refractivity contribution in [3.05, 3.63) is 12.2 Å². The monoisotopic (exact) mass is 321 g/mol. The first-order valence-corrected chi connectivity index (χ1v) is 8.58. The van der Waals surface area contributed by atoms with E-state index in [1.165, 1.54) is 38.5 Å². The molecule has 130 valence electrons. The lowest BCUT2D eigenvalue weighted by Crippen LogP contribution is -2.28. The third-order valence-corrected chi connectivity index (χ3v) is 3.58. The van der Waals surface area contributed by atoms with Crippen LogP contribution in [0.25, 0.3) is 0 Å². The number of carboxylic acid groups (broad SMARTS) is 1. The van der Waals surface area contributed by atoms with E-state index in [4.69, 9.17) is 11.2 Å². The van der Waals surface area contributed by atoms with E-state index in [0.29, 0.717) is 0 Å². The highest BCUT2D eigenvalue weighted by molar-refractivity contribution is 5.80. The molecule has 0 aromatic carbocycles. The van der Waals surface area contributed by atoms with Gasteiger partial charge in [0.1, 0.15) is 0 Å². The van der Waals surface area contributed by atoms with Gasteiger partial charge in [-0.15, -0.1) is 6.42 Å². The summed E-state index contributed by atoms with van der Waals surface area (Å²) in [5.74, 6) is -0.518. The van der Waals surface area contributed by atoms with Gasteiger partial charge in [0.25, 0.3) is 0 Å². The third kappa shape index (κ3) is 13.6. The summed E-state index contributed by atoms with van der Waals surface area (Å²) in [6.07, 6.45) is 18.8. The second kappa shape index (κ2) is 15.1. The SMILES string of the molecule is C#CCOC(=O)C(C=CCCCCCCCCCC)CC(=O)[O-]. The van der Waals surface area contributed by atoms with E-state index >= 15 is 0 Å². The summed E-state index contributed by atoms with van der Waals surface area (Å²) in [4.78, 5) is 22.3. The lowest BCUT2D eigenvalue weighted by Gasteiger charge is -2.11. The van der Waals surface area contributed by atoms with Gasteiger partial charge in [0, 0.05) is 12.4 Å². The Morgan fingerprint density at radius 3 is 2.30 bits per heavy atom. The normalized spacial score (nSPS) is 12.0. The number of hydrogen-bond acceptors (Lipinski definition) is 4. The Bertz CT molecular complexity index is 393. The minimum atomic E-state index is -1.27. The van der Waals surface area contributed by atoms with Crippen LogP contribution < -0.4 is 5.11 Å². The summed E-state index contributed by atoms with van der Waals surface area (Å²) in [6, 6.07) is 0. The number of terminal acetylenes is 1. The zero-order chi connectivity index (χ0) is 17.3. The molecule has 0 spiro atoms. The van der Waals surface area contributed by atoms with Gasteiger partial charge >= 0.3 is 5.97 Å².